The van der Waals surface area contributed by atoms with Gasteiger partial charge in [0.2, 0.25) is 0 Å². The first-order chi connectivity index (χ1) is 19.5. The standard InChI is InChI=1S/C36H41NO2S/c1-5-6-27-33(35(38)39-34(28(2)37(3)4)29-19-11-7-12-20-29)40-36(30-21-13-8-14-22-30,31-23-15-9-16-24-31)32-25-17-10-18-26-32/h7-26,28,33-34H,5-6,27H2,1-4H3/t28-,33-,34+/m0/s1. The molecule has 0 heterocycles. The summed E-state index contributed by atoms with van der Waals surface area (Å²) in [6.45, 7) is 4.29. The lowest BCUT2D eigenvalue weighted by molar-refractivity contribution is -0.152. The molecule has 0 fully saturated rings. The number of carbonyl (C=O) groups excluding carboxylic acids is 1. The molecule has 0 saturated carbocycles. The van der Waals surface area contributed by atoms with Gasteiger partial charge in [0, 0.05) is 6.04 Å². The maximum atomic E-state index is 14.3. The fourth-order valence-electron chi connectivity index (χ4n) is 5.11. The van der Waals surface area contributed by atoms with Crippen LogP contribution in [0.1, 0.15) is 61.5 Å². The van der Waals surface area contributed by atoms with Gasteiger partial charge in [0.05, 0.1) is 4.75 Å². The number of thioether (sulfide) groups is 1. The van der Waals surface area contributed by atoms with E-state index in [0.29, 0.717) is 0 Å². The Kier molecular flexibility index (Phi) is 10.6. The number of carbonyl (C=O) groups is 1. The number of ether oxygens (including phenoxy) is 1. The molecule has 3 nitrogen and oxygen atoms in total. The van der Waals surface area contributed by atoms with Crippen LogP contribution in [0.2, 0.25) is 0 Å². The molecule has 40 heavy (non-hydrogen) atoms. The van der Waals surface area contributed by atoms with Crippen LogP contribution in [0, 0.1) is 0 Å². The Balaban J connectivity index is 1.81. The summed E-state index contributed by atoms with van der Waals surface area (Å²) in [6.07, 6.45) is 2.33. The van der Waals surface area contributed by atoms with Crippen molar-refractivity contribution >= 4 is 17.7 Å². The van der Waals surface area contributed by atoms with Gasteiger partial charge in [0.15, 0.2) is 0 Å². The van der Waals surface area contributed by atoms with Crippen molar-refractivity contribution in [2.75, 3.05) is 14.1 Å². The van der Waals surface area contributed by atoms with Crippen molar-refractivity contribution in [2.24, 2.45) is 0 Å². The minimum absolute atomic E-state index is 0.0188. The van der Waals surface area contributed by atoms with E-state index in [4.69, 9.17) is 4.74 Å². The molecule has 4 rings (SSSR count). The molecule has 208 valence electrons. The summed E-state index contributed by atoms with van der Waals surface area (Å²) in [6, 6.07) is 41.8. The lowest BCUT2D eigenvalue weighted by atomic mass is 9.84. The highest BCUT2D eigenvalue weighted by molar-refractivity contribution is 8.01. The number of unbranched alkanes of at least 4 members (excludes halogenated alkanes) is 1. The van der Waals surface area contributed by atoms with E-state index in [1.807, 2.05) is 62.6 Å². The topological polar surface area (TPSA) is 29.5 Å². The first-order valence-corrected chi connectivity index (χ1v) is 15.1. The van der Waals surface area contributed by atoms with Gasteiger partial charge in [0.25, 0.3) is 0 Å². The molecule has 0 aliphatic heterocycles. The fraction of sp³-hybridized carbons (Fsp3) is 0.306. The third-order valence-electron chi connectivity index (χ3n) is 7.57. The highest BCUT2D eigenvalue weighted by Gasteiger charge is 2.42. The zero-order valence-electron chi connectivity index (χ0n) is 24.1. The predicted octanol–water partition coefficient (Wildman–Crippen LogP) is 8.51. The second-order valence-electron chi connectivity index (χ2n) is 10.5. The van der Waals surface area contributed by atoms with Gasteiger partial charge in [-0.2, -0.15) is 0 Å². The van der Waals surface area contributed by atoms with Crippen molar-refractivity contribution in [1.29, 1.82) is 0 Å². The first kappa shape index (κ1) is 29.6. The molecule has 0 radical (unpaired) electrons. The van der Waals surface area contributed by atoms with Crippen LogP contribution in [0.5, 0.6) is 0 Å². The van der Waals surface area contributed by atoms with E-state index in [0.717, 1.165) is 41.5 Å². The molecule has 0 aromatic heterocycles. The van der Waals surface area contributed by atoms with Crippen LogP contribution in [0.4, 0.5) is 0 Å². The molecule has 0 unspecified atom stereocenters. The van der Waals surface area contributed by atoms with Crippen LogP contribution in [0.3, 0.4) is 0 Å². The van der Waals surface area contributed by atoms with Crippen LogP contribution in [0.15, 0.2) is 121 Å². The minimum atomic E-state index is -0.587. The summed E-state index contributed by atoms with van der Waals surface area (Å²) in [7, 11) is 4.06. The number of esters is 1. The summed E-state index contributed by atoms with van der Waals surface area (Å²) < 4.78 is 5.88. The average Bonchev–Trinajstić information content (AvgIpc) is 3.01. The maximum absolute atomic E-state index is 14.3. The molecular weight excluding hydrogens is 510 g/mol. The molecule has 0 bridgehead atoms. The Morgan fingerprint density at radius 3 is 1.57 bits per heavy atom. The normalized spacial score (nSPS) is 13.9. The lowest BCUT2D eigenvalue weighted by Gasteiger charge is -2.38. The smallest absolute Gasteiger partial charge is 0.319 e. The molecule has 0 saturated heterocycles. The van der Waals surface area contributed by atoms with Gasteiger partial charge in [-0.25, -0.2) is 0 Å². The van der Waals surface area contributed by atoms with Crippen molar-refractivity contribution in [3.05, 3.63) is 144 Å². The van der Waals surface area contributed by atoms with Gasteiger partial charge in [-0.1, -0.05) is 141 Å². The van der Waals surface area contributed by atoms with Crippen molar-refractivity contribution in [3.8, 4) is 0 Å². The summed E-state index contributed by atoms with van der Waals surface area (Å²) in [5.74, 6) is -0.159. The maximum Gasteiger partial charge on any atom is 0.319 e. The van der Waals surface area contributed by atoms with E-state index in [-0.39, 0.29) is 23.4 Å². The van der Waals surface area contributed by atoms with Gasteiger partial charge in [-0.05, 0) is 49.7 Å². The van der Waals surface area contributed by atoms with Gasteiger partial charge in [-0.3, -0.25) is 4.79 Å². The van der Waals surface area contributed by atoms with Gasteiger partial charge < -0.3 is 9.64 Å². The van der Waals surface area contributed by atoms with E-state index >= 15 is 0 Å². The Morgan fingerprint density at radius 1 is 0.750 bits per heavy atom. The summed E-state index contributed by atoms with van der Waals surface area (Å²) in [5.41, 5.74) is 4.45. The van der Waals surface area contributed by atoms with E-state index < -0.39 is 4.75 Å². The van der Waals surface area contributed by atoms with Crippen molar-refractivity contribution in [1.82, 2.24) is 4.90 Å². The van der Waals surface area contributed by atoms with Gasteiger partial charge >= 0.3 is 5.97 Å². The monoisotopic (exact) mass is 551 g/mol. The molecule has 0 aliphatic carbocycles. The van der Waals surface area contributed by atoms with Crippen molar-refractivity contribution in [2.45, 2.75) is 55.3 Å². The van der Waals surface area contributed by atoms with E-state index in [9.17, 15) is 4.79 Å². The fourth-order valence-corrected chi connectivity index (χ4v) is 6.79. The zero-order chi connectivity index (χ0) is 28.4. The van der Waals surface area contributed by atoms with E-state index in [1.54, 1.807) is 11.8 Å². The highest BCUT2D eigenvalue weighted by atomic mass is 32.2. The summed E-state index contributed by atoms with van der Waals surface area (Å²) in [5, 5.41) is -0.360. The number of hydrogen-bond acceptors (Lipinski definition) is 4. The Hall–Kier alpha value is -3.34. The molecule has 3 atom stereocenters. The second-order valence-corrected chi connectivity index (χ2v) is 11.9. The van der Waals surface area contributed by atoms with Crippen molar-refractivity contribution in [3.63, 3.8) is 0 Å². The third kappa shape index (κ3) is 6.86. The predicted molar refractivity (Wildman–Crippen MR) is 169 cm³/mol. The van der Waals surface area contributed by atoms with Gasteiger partial charge in [-0.15, -0.1) is 11.8 Å². The highest BCUT2D eigenvalue weighted by Crippen LogP contribution is 2.51. The molecular formula is C36H41NO2S. The number of nitrogens with zero attached hydrogens (tertiary/aromatic N) is 1. The molecule has 0 spiro atoms. The van der Waals surface area contributed by atoms with Crippen LogP contribution in [-0.2, 0) is 14.3 Å². The molecule has 0 N–H and O–H groups in total. The Morgan fingerprint density at radius 2 is 1.18 bits per heavy atom. The Bertz CT molecular complexity index is 1200. The number of likely N-dealkylation sites (N-methyl/N-ethyl adjacent to an activating group) is 1. The average molecular weight is 552 g/mol. The quantitative estimate of drug-likeness (QED) is 0.123. The minimum Gasteiger partial charge on any atom is -0.455 e. The van der Waals surface area contributed by atoms with Crippen molar-refractivity contribution < 1.29 is 9.53 Å². The lowest BCUT2D eigenvalue weighted by Crippen LogP contribution is -2.37. The third-order valence-corrected chi connectivity index (χ3v) is 9.34. The molecule has 4 heteroatoms. The van der Waals surface area contributed by atoms with E-state index in [2.05, 4.69) is 91.5 Å². The largest absolute Gasteiger partial charge is 0.455 e. The number of benzene rings is 4. The zero-order valence-corrected chi connectivity index (χ0v) is 24.9. The second kappa shape index (κ2) is 14.3. The van der Waals surface area contributed by atoms with Gasteiger partial charge in [0.1, 0.15) is 11.4 Å². The molecule has 4 aromatic rings. The van der Waals surface area contributed by atoms with Crippen LogP contribution in [-0.4, -0.2) is 36.3 Å². The molecule has 0 amide bonds. The first-order valence-electron chi connectivity index (χ1n) is 14.2. The number of hydrogen-bond donors (Lipinski definition) is 0. The SMILES string of the molecule is CCCC[C@H](SC(c1ccccc1)(c1ccccc1)c1ccccc1)C(=O)O[C@@H](c1ccccc1)[C@H](C)N(C)C. The van der Waals surface area contributed by atoms with Crippen LogP contribution < -0.4 is 0 Å². The van der Waals surface area contributed by atoms with E-state index in [1.165, 1.54) is 0 Å². The number of rotatable bonds is 13. The molecule has 4 aromatic carbocycles. The Labute approximate surface area is 244 Å². The van der Waals surface area contributed by atoms with Crippen LogP contribution >= 0.6 is 11.8 Å². The summed E-state index contributed by atoms with van der Waals surface area (Å²) in [4.78, 5) is 16.4. The summed E-state index contributed by atoms with van der Waals surface area (Å²) >= 11 is 1.71. The van der Waals surface area contributed by atoms with Crippen LogP contribution in [0.25, 0.3) is 0 Å². The molecule has 0 aliphatic rings.